The average molecular weight is 329 g/mol. The molecule has 2 aromatic rings. The first-order valence-electron chi connectivity index (χ1n) is 8.46. The Bertz CT molecular complexity index is 623. The third-order valence-electron chi connectivity index (χ3n) is 4.98. The van der Waals surface area contributed by atoms with Crippen LogP contribution in [0.25, 0.3) is 17.5 Å². The molecule has 0 saturated heterocycles. The summed E-state index contributed by atoms with van der Waals surface area (Å²) in [4.78, 5) is 0. The highest BCUT2D eigenvalue weighted by molar-refractivity contribution is 6.88. The SMILES string of the molecule is CC(C)[Si](/C=C/c1nnc(-c2ccccc2)o1)(C(C)C)C(C)C. The Kier molecular flexibility index (Phi) is 5.58. The predicted molar refractivity (Wildman–Crippen MR) is 99.8 cm³/mol. The molecular formula is C19H28N2OSi. The molecule has 0 spiro atoms. The number of aromatic nitrogens is 2. The Morgan fingerprint density at radius 1 is 0.870 bits per heavy atom. The lowest BCUT2D eigenvalue weighted by Gasteiger charge is -2.40. The van der Waals surface area contributed by atoms with Crippen molar-refractivity contribution in [3.63, 3.8) is 0 Å². The zero-order chi connectivity index (χ0) is 17.0. The third kappa shape index (κ3) is 3.63. The van der Waals surface area contributed by atoms with Gasteiger partial charge in [-0.15, -0.1) is 10.2 Å². The van der Waals surface area contributed by atoms with Gasteiger partial charge in [-0.1, -0.05) is 65.4 Å². The molecule has 124 valence electrons. The fourth-order valence-corrected chi connectivity index (χ4v) is 9.38. The Hall–Kier alpha value is -1.68. The van der Waals surface area contributed by atoms with Gasteiger partial charge in [-0.3, -0.25) is 0 Å². The van der Waals surface area contributed by atoms with E-state index >= 15 is 0 Å². The standard InChI is InChI=1S/C19H28N2OSi/c1-14(2)23(15(3)4,16(5)6)13-12-18-20-21-19(22-18)17-10-8-7-9-11-17/h7-16H,1-6H3/b13-12+. The minimum absolute atomic E-state index is 0.580. The van der Waals surface area contributed by atoms with Crippen LogP contribution < -0.4 is 0 Å². The summed E-state index contributed by atoms with van der Waals surface area (Å²) in [7, 11) is -1.59. The third-order valence-corrected chi connectivity index (χ3v) is 11.7. The molecule has 0 aliphatic rings. The van der Waals surface area contributed by atoms with Gasteiger partial charge in [0, 0.05) is 5.56 Å². The van der Waals surface area contributed by atoms with Crippen LogP contribution in [0.4, 0.5) is 0 Å². The van der Waals surface area contributed by atoms with Crippen LogP contribution in [0.15, 0.2) is 40.4 Å². The largest absolute Gasteiger partial charge is 0.417 e. The van der Waals surface area contributed by atoms with Gasteiger partial charge in [0.25, 0.3) is 0 Å². The zero-order valence-corrected chi connectivity index (χ0v) is 16.1. The zero-order valence-electron chi connectivity index (χ0n) is 15.1. The maximum Gasteiger partial charge on any atom is 0.248 e. The quantitative estimate of drug-likeness (QED) is 0.613. The summed E-state index contributed by atoms with van der Waals surface area (Å²) in [6.45, 7) is 14.1. The van der Waals surface area contributed by atoms with Gasteiger partial charge < -0.3 is 4.42 Å². The summed E-state index contributed by atoms with van der Waals surface area (Å²) < 4.78 is 5.82. The first-order valence-corrected chi connectivity index (χ1v) is 10.8. The smallest absolute Gasteiger partial charge is 0.248 e. The van der Waals surface area contributed by atoms with E-state index in [1.165, 1.54) is 0 Å². The number of nitrogens with zero attached hydrogens (tertiary/aromatic N) is 2. The van der Waals surface area contributed by atoms with E-state index in [1.54, 1.807) is 0 Å². The lowest BCUT2D eigenvalue weighted by atomic mass is 10.2. The van der Waals surface area contributed by atoms with Crippen LogP contribution in [0.1, 0.15) is 47.4 Å². The summed E-state index contributed by atoms with van der Waals surface area (Å²) in [6.07, 6.45) is 2.05. The molecule has 0 atom stereocenters. The first-order chi connectivity index (χ1) is 10.9. The summed E-state index contributed by atoms with van der Waals surface area (Å²) in [5.41, 5.74) is 5.40. The molecule has 0 saturated carbocycles. The van der Waals surface area contributed by atoms with Crippen molar-refractivity contribution >= 4 is 14.1 Å². The molecule has 0 aliphatic carbocycles. The van der Waals surface area contributed by atoms with Crippen LogP contribution in [-0.4, -0.2) is 18.3 Å². The van der Waals surface area contributed by atoms with Gasteiger partial charge in [-0.2, -0.15) is 0 Å². The second-order valence-electron chi connectivity index (χ2n) is 7.11. The van der Waals surface area contributed by atoms with Crippen LogP contribution in [0.3, 0.4) is 0 Å². The fraction of sp³-hybridized carbons (Fsp3) is 0.474. The summed E-state index contributed by atoms with van der Waals surface area (Å²) in [6, 6.07) is 9.90. The summed E-state index contributed by atoms with van der Waals surface area (Å²) >= 11 is 0. The van der Waals surface area contributed by atoms with E-state index in [1.807, 2.05) is 36.4 Å². The molecule has 3 nitrogen and oxygen atoms in total. The van der Waals surface area contributed by atoms with Crippen LogP contribution in [0, 0.1) is 0 Å². The lowest BCUT2D eigenvalue weighted by Crippen LogP contribution is -2.42. The second kappa shape index (κ2) is 7.26. The van der Waals surface area contributed by atoms with E-state index in [0.717, 1.165) is 5.56 Å². The van der Waals surface area contributed by atoms with Crippen LogP contribution in [0.2, 0.25) is 16.6 Å². The first kappa shape index (κ1) is 17.7. The van der Waals surface area contributed by atoms with Crippen molar-refractivity contribution in [3.8, 4) is 11.5 Å². The van der Waals surface area contributed by atoms with Crippen LogP contribution in [0.5, 0.6) is 0 Å². The van der Waals surface area contributed by atoms with E-state index in [0.29, 0.717) is 28.4 Å². The van der Waals surface area contributed by atoms with Crippen molar-refractivity contribution in [2.24, 2.45) is 0 Å². The molecule has 0 aliphatic heterocycles. The van der Waals surface area contributed by atoms with Crippen molar-refractivity contribution in [1.29, 1.82) is 0 Å². The molecule has 1 aromatic heterocycles. The molecule has 4 heteroatoms. The highest BCUT2D eigenvalue weighted by atomic mass is 28.3. The van der Waals surface area contributed by atoms with Gasteiger partial charge in [0.2, 0.25) is 11.8 Å². The second-order valence-corrected chi connectivity index (χ2v) is 12.9. The maximum absolute atomic E-state index is 5.82. The topological polar surface area (TPSA) is 38.9 Å². The molecule has 0 N–H and O–H groups in total. The molecule has 0 amide bonds. The lowest BCUT2D eigenvalue weighted by molar-refractivity contribution is 0.557. The molecule has 0 radical (unpaired) electrons. The molecule has 23 heavy (non-hydrogen) atoms. The van der Waals surface area contributed by atoms with E-state index in [2.05, 4.69) is 57.4 Å². The molecule has 0 bridgehead atoms. The van der Waals surface area contributed by atoms with Crippen molar-refractivity contribution in [3.05, 3.63) is 41.9 Å². The Morgan fingerprint density at radius 3 is 1.96 bits per heavy atom. The normalized spacial score (nSPS) is 12.9. The van der Waals surface area contributed by atoms with Crippen molar-refractivity contribution in [2.45, 2.75) is 58.2 Å². The predicted octanol–water partition coefficient (Wildman–Crippen LogP) is 5.97. The van der Waals surface area contributed by atoms with E-state index < -0.39 is 8.07 Å². The molecule has 1 aromatic carbocycles. The van der Waals surface area contributed by atoms with Gasteiger partial charge in [-0.05, 0) is 34.8 Å². The van der Waals surface area contributed by atoms with Crippen molar-refractivity contribution < 1.29 is 4.42 Å². The maximum atomic E-state index is 5.82. The van der Waals surface area contributed by atoms with Gasteiger partial charge >= 0.3 is 0 Å². The summed E-state index contributed by atoms with van der Waals surface area (Å²) in [5.74, 6) is 1.18. The molecular weight excluding hydrogens is 300 g/mol. The molecule has 2 rings (SSSR count). The van der Waals surface area contributed by atoms with Gasteiger partial charge in [0.05, 0.1) is 8.07 Å². The van der Waals surface area contributed by atoms with Crippen LogP contribution >= 0.6 is 0 Å². The number of hydrogen-bond acceptors (Lipinski definition) is 3. The number of hydrogen-bond donors (Lipinski definition) is 0. The van der Waals surface area contributed by atoms with E-state index in [4.69, 9.17) is 4.42 Å². The minimum Gasteiger partial charge on any atom is -0.417 e. The van der Waals surface area contributed by atoms with Crippen molar-refractivity contribution in [1.82, 2.24) is 10.2 Å². The Labute approximate surface area is 140 Å². The number of benzene rings is 1. The Morgan fingerprint density at radius 2 is 1.43 bits per heavy atom. The molecule has 0 fully saturated rings. The van der Waals surface area contributed by atoms with Gasteiger partial charge in [-0.25, -0.2) is 0 Å². The Balaban J connectivity index is 2.30. The minimum atomic E-state index is -1.59. The highest BCUT2D eigenvalue weighted by Gasteiger charge is 2.40. The van der Waals surface area contributed by atoms with E-state index in [-0.39, 0.29) is 0 Å². The van der Waals surface area contributed by atoms with Gasteiger partial charge in [0.1, 0.15) is 0 Å². The number of rotatable bonds is 6. The average Bonchev–Trinajstić information content (AvgIpc) is 2.96. The molecule has 0 unspecified atom stereocenters. The van der Waals surface area contributed by atoms with E-state index in [9.17, 15) is 0 Å². The molecule has 1 heterocycles. The summed E-state index contributed by atoms with van der Waals surface area (Å²) in [5, 5.41) is 8.36. The van der Waals surface area contributed by atoms with Crippen molar-refractivity contribution in [2.75, 3.05) is 0 Å². The van der Waals surface area contributed by atoms with Gasteiger partial charge in [0.15, 0.2) is 0 Å². The monoisotopic (exact) mass is 328 g/mol. The van der Waals surface area contributed by atoms with Crippen LogP contribution in [-0.2, 0) is 0 Å². The fourth-order valence-electron chi connectivity index (χ4n) is 3.79. The highest BCUT2D eigenvalue weighted by Crippen LogP contribution is 2.42.